The van der Waals surface area contributed by atoms with Gasteiger partial charge in [0.15, 0.2) is 11.6 Å². The maximum atomic E-state index is 13.3. The first-order valence-electron chi connectivity index (χ1n) is 8.48. The second-order valence-electron chi connectivity index (χ2n) is 6.12. The van der Waals surface area contributed by atoms with Gasteiger partial charge in [-0.1, -0.05) is 30.3 Å². The summed E-state index contributed by atoms with van der Waals surface area (Å²) in [5.74, 6) is -2.45. The van der Waals surface area contributed by atoms with Gasteiger partial charge in [-0.2, -0.15) is 0 Å². The first-order chi connectivity index (χ1) is 14.1. The molecule has 0 heterocycles. The molecule has 0 aromatic heterocycles. The molecular formula is C20H16F2N2O4S2. The van der Waals surface area contributed by atoms with E-state index < -0.39 is 36.6 Å². The Morgan fingerprint density at radius 1 is 0.700 bits per heavy atom. The Hall–Kier alpha value is -3.24. The molecule has 10 heteroatoms. The molecule has 0 aliphatic heterocycles. The first-order valence-corrected chi connectivity index (χ1v) is 11.5. The van der Waals surface area contributed by atoms with Crippen LogP contribution >= 0.6 is 0 Å². The Kier molecular flexibility index (Phi) is 6.18. The smallest absolute Gasteiger partial charge is 0.261 e. The third-order valence-corrected chi connectivity index (χ3v) is 6.23. The normalized spacial score (nSPS) is 12.1. The molecular weight excluding hydrogens is 434 g/mol. The highest BCUT2D eigenvalue weighted by molar-refractivity contribution is 7.95. The molecule has 0 saturated heterocycles. The Morgan fingerprint density at radius 2 is 1.30 bits per heavy atom. The number of sulfonamides is 2. The molecule has 0 bridgehead atoms. The van der Waals surface area contributed by atoms with Gasteiger partial charge in [0, 0.05) is 11.4 Å². The maximum Gasteiger partial charge on any atom is 0.261 e. The quantitative estimate of drug-likeness (QED) is 0.565. The lowest BCUT2D eigenvalue weighted by atomic mass is 10.2. The summed E-state index contributed by atoms with van der Waals surface area (Å²) < 4.78 is 79.7. The minimum absolute atomic E-state index is 0.113. The van der Waals surface area contributed by atoms with E-state index in [-0.39, 0.29) is 11.4 Å². The molecule has 156 valence electrons. The van der Waals surface area contributed by atoms with Crippen LogP contribution in [0.15, 0.2) is 83.1 Å². The summed E-state index contributed by atoms with van der Waals surface area (Å²) in [6.45, 7) is 0. The molecule has 0 amide bonds. The summed E-state index contributed by atoms with van der Waals surface area (Å²) in [4.78, 5) is -0.447. The number of hydrogen-bond acceptors (Lipinski definition) is 4. The van der Waals surface area contributed by atoms with Crippen LogP contribution in [0.2, 0.25) is 0 Å². The lowest BCUT2D eigenvalue weighted by molar-refractivity contribution is 0.504. The van der Waals surface area contributed by atoms with Crippen molar-refractivity contribution in [3.8, 4) is 0 Å². The van der Waals surface area contributed by atoms with E-state index in [1.54, 1.807) is 24.3 Å². The minimum atomic E-state index is -4.15. The lowest BCUT2D eigenvalue weighted by Gasteiger charge is -2.10. The van der Waals surface area contributed by atoms with E-state index in [4.69, 9.17) is 0 Å². The van der Waals surface area contributed by atoms with E-state index in [1.165, 1.54) is 30.3 Å². The van der Waals surface area contributed by atoms with Gasteiger partial charge in [-0.3, -0.25) is 9.44 Å². The van der Waals surface area contributed by atoms with Crippen molar-refractivity contribution in [3.05, 3.63) is 95.4 Å². The first kappa shape index (κ1) is 21.5. The molecule has 3 aromatic rings. The van der Waals surface area contributed by atoms with E-state index in [0.717, 1.165) is 11.5 Å². The summed E-state index contributed by atoms with van der Waals surface area (Å²) in [6.07, 6.45) is 1.44. The van der Waals surface area contributed by atoms with Crippen molar-refractivity contribution < 1.29 is 25.6 Å². The van der Waals surface area contributed by atoms with Gasteiger partial charge < -0.3 is 0 Å². The third-order valence-electron chi connectivity index (χ3n) is 3.84. The monoisotopic (exact) mass is 450 g/mol. The average molecular weight is 450 g/mol. The van der Waals surface area contributed by atoms with Crippen molar-refractivity contribution in [2.75, 3.05) is 9.44 Å². The fraction of sp³-hybridized carbons (Fsp3) is 0. The van der Waals surface area contributed by atoms with Crippen LogP contribution in [0.3, 0.4) is 0 Å². The summed E-state index contributed by atoms with van der Waals surface area (Å²) in [5.41, 5.74) is 1.04. The molecule has 2 N–H and O–H groups in total. The fourth-order valence-electron chi connectivity index (χ4n) is 2.39. The largest absolute Gasteiger partial charge is 0.280 e. The third kappa shape index (κ3) is 5.65. The van der Waals surface area contributed by atoms with Crippen molar-refractivity contribution in [3.63, 3.8) is 0 Å². The number of nitrogens with one attached hydrogen (secondary N) is 2. The second-order valence-corrected chi connectivity index (χ2v) is 9.37. The van der Waals surface area contributed by atoms with Crippen LogP contribution < -0.4 is 9.44 Å². The Bertz CT molecular complexity index is 1280. The van der Waals surface area contributed by atoms with Crippen LogP contribution in [0.5, 0.6) is 0 Å². The summed E-state index contributed by atoms with van der Waals surface area (Å²) in [6, 6.07) is 16.5. The van der Waals surface area contributed by atoms with Crippen LogP contribution in [0.4, 0.5) is 20.2 Å². The number of halogens is 2. The van der Waals surface area contributed by atoms with Crippen LogP contribution in [0, 0.1) is 11.6 Å². The molecule has 0 fully saturated rings. The van der Waals surface area contributed by atoms with E-state index in [2.05, 4.69) is 9.44 Å². The second kappa shape index (κ2) is 8.64. The number of anilines is 2. The Morgan fingerprint density at radius 3 is 1.90 bits per heavy atom. The Balaban J connectivity index is 1.70. The average Bonchev–Trinajstić information content (AvgIpc) is 2.70. The SMILES string of the molecule is O=S(=O)(C=Cc1ccccc1)Nc1ccc(NS(=O)(=O)c2ccc(F)c(F)c2)cc1. The fourth-order valence-corrected chi connectivity index (χ4v) is 4.33. The van der Waals surface area contributed by atoms with Gasteiger partial charge in [0.25, 0.3) is 20.0 Å². The molecule has 0 radical (unpaired) electrons. The number of hydrogen-bond donors (Lipinski definition) is 2. The molecule has 3 aromatic carbocycles. The van der Waals surface area contributed by atoms with Crippen molar-refractivity contribution >= 4 is 37.5 Å². The van der Waals surface area contributed by atoms with Crippen LogP contribution in [0.1, 0.15) is 5.56 Å². The number of benzene rings is 3. The van der Waals surface area contributed by atoms with Crippen molar-refractivity contribution in [1.82, 2.24) is 0 Å². The molecule has 3 rings (SSSR count). The summed E-state index contributed by atoms with van der Waals surface area (Å²) in [7, 11) is -7.93. The molecule has 0 aliphatic rings. The highest BCUT2D eigenvalue weighted by atomic mass is 32.2. The molecule has 6 nitrogen and oxygen atoms in total. The molecule has 0 saturated carbocycles. The lowest BCUT2D eigenvalue weighted by Crippen LogP contribution is -2.13. The van der Waals surface area contributed by atoms with Crippen LogP contribution in [0.25, 0.3) is 6.08 Å². The zero-order chi connectivity index (χ0) is 21.8. The van der Waals surface area contributed by atoms with Gasteiger partial charge in [0.1, 0.15) is 0 Å². The van der Waals surface area contributed by atoms with Gasteiger partial charge in [-0.25, -0.2) is 25.6 Å². The predicted octanol–water partition coefficient (Wildman–Crippen LogP) is 4.18. The van der Waals surface area contributed by atoms with Crippen molar-refractivity contribution in [2.24, 2.45) is 0 Å². The minimum Gasteiger partial charge on any atom is -0.280 e. The zero-order valence-corrected chi connectivity index (χ0v) is 16.9. The van der Waals surface area contributed by atoms with Gasteiger partial charge in [0.2, 0.25) is 0 Å². The molecule has 30 heavy (non-hydrogen) atoms. The molecule has 0 aliphatic carbocycles. The van der Waals surface area contributed by atoms with Gasteiger partial charge >= 0.3 is 0 Å². The van der Waals surface area contributed by atoms with Gasteiger partial charge in [-0.15, -0.1) is 0 Å². The zero-order valence-electron chi connectivity index (χ0n) is 15.3. The van der Waals surface area contributed by atoms with E-state index >= 15 is 0 Å². The molecule has 0 unspecified atom stereocenters. The van der Waals surface area contributed by atoms with Crippen LogP contribution in [-0.4, -0.2) is 16.8 Å². The Labute approximate surface area is 173 Å². The van der Waals surface area contributed by atoms with E-state index in [1.807, 2.05) is 6.07 Å². The molecule has 0 spiro atoms. The van der Waals surface area contributed by atoms with Crippen LogP contribution in [-0.2, 0) is 20.0 Å². The molecule has 0 atom stereocenters. The van der Waals surface area contributed by atoms with Gasteiger partial charge in [-0.05, 0) is 54.1 Å². The highest BCUT2D eigenvalue weighted by Gasteiger charge is 2.17. The van der Waals surface area contributed by atoms with Gasteiger partial charge in [0.05, 0.1) is 10.3 Å². The van der Waals surface area contributed by atoms with Crippen molar-refractivity contribution in [1.29, 1.82) is 0 Å². The van der Waals surface area contributed by atoms with E-state index in [0.29, 0.717) is 17.7 Å². The predicted molar refractivity (Wildman–Crippen MR) is 112 cm³/mol. The topological polar surface area (TPSA) is 92.3 Å². The maximum absolute atomic E-state index is 13.3. The summed E-state index contributed by atoms with van der Waals surface area (Å²) >= 11 is 0. The van der Waals surface area contributed by atoms with Crippen molar-refractivity contribution in [2.45, 2.75) is 4.90 Å². The number of rotatable bonds is 7. The summed E-state index contributed by atoms with van der Waals surface area (Å²) in [5, 5.41) is 1.02. The highest BCUT2D eigenvalue weighted by Crippen LogP contribution is 2.20. The standard InChI is InChI=1S/C20H16F2N2O4S2/c21-19-11-10-18(14-20(19)22)30(27,28)24-17-8-6-16(7-9-17)23-29(25,26)13-12-15-4-2-1-3-5-15/h1-14,23-24H. The van der Waals surface area contributed by atoms with E-state index in [9.17, 15) is 25.6 Å².